The Kier molecular flexibility index (Phi) is 6.94. The summed E-state index contributed by atoms with van der Waals surface area (Å²) in [5.41, 5.74) is 5.94. The van der Waals surface area contributed by atoms with E-state index in [-0.39, 0.29) is 35.8 Å². The minimum absolute atomic E-state index is 0. The Morgan fingerprint density at radius 3 is 2.57 bits per heavy atom. The van der Waals surface area contributed by atoms with Crippen LogP contribution in [0.4, 0.5) is 5.69 Å². The zero-order chi connectivity index (χ0) is 14.5. The highest BCUT2D eigenvalue weighted by Gasteiger charge is 2.28. The van der Waals surface area contributed by atoms with Gasteiger partial charge < -0.3 is 11.1 Å². The third-order valence-electron chi connectivity index (χ3n) is 3.18. The zero-order valence-corrected chi connectivity index (χ0v) is 13.0. The number of nitrogens with one attached hydrogen (secondary N) is 1. The molecule has 6 nitrogen and oxygen atoms in total. The standard InChI is InChI=1S/C13H17N3O3S.ClH/c14-12(9-1-2-9)7-15-13(17)8-20-11-5-3-10(4-6-11)16(18)19;/h3-6,9,12H,1-2,7-8,14H2,(H,15,17);1H. The lowest BCUT2D eigenvalue weighted by Gasteiger charge is -2.11. The highest BCUT2D eigenvalue weighted by Crippen LogP contribution is 2.31. The fraction of sp³-hybridized carbons (Fsp3) is 0.462. The van der Waals surface area contributed by atoms with Crippen LogP contribution in [0, 0.1) is 16.0 Å². The molecule has 0 spiro atoms. The van der Waals surface area contributed by atoms with Gasteiger partial charge in [-0.25, -0.2) is 0 Å². The van der Waals surface area contributed by atoms with E-state index in [0.717, 1.165) is 17.7 Å². The number of rotatable bonds is 7. The van der Waals surface area contributed by atoms with Gasteiger partial charge in [0.1, 0.15) is 0 Å². The van der Waals surface area contributed by atoms with Gasteiger partial charge in [0.2, 0.25) is 5.91 Å². The van der Waals surface area contributed by atoms with Crippen molar-refractivity contribution in [3.63, 3.8) is 0 Å². The fourth-order valence-electron chi connectivity index (χ4n) is 1.79. The van der Waals surface area contributed by atoms with Gasteiger partial charge in [-0.3, -0.25) is 14.9 Å². The van der Waals surface area contributed by atoms with E-state index in [2.05, 4.69) is 5.32 Å². The van der Waals surface area contributed by atoms with Crippen molar-refractivity contribution in [2.45, 2.75) is 23.8 Å². The van der Waals surface area contributed by atoms with Crippen LogP contribution in [-0.2, 0) is 4.79 Å². The molecule has 1 aromatic rings. The minimum Gasteiger partial charge on any atom is -0.354 e. The van der Waals surface area contributed by atoms with Gasteiger partial charge in [0.15, 0.2) is 0 Å². The number of nitrogens with two attached hydrogens (primary N) is 1. The van der Waals surface area contributed by atoms with Crippen LogP contribution in [-0.4, -0.2) is 29.2 Å². The van der Waals surface area contributed by atoms with Gasteiger partial charge >= 0.3 is 0 Å². The SMILES string of the molecule is Cl.NC(CNC(=O)CSc1ccc([N+](=O)[O-])cc1)C1CC1. The summed E-state index contributed by atoms with van der Waals surface area (Å²) in [4.78, 5) is 22.5. The van der Waals surface area contributed by atoms with Crippen molar-refractivity contribution in [3.8, 4) is 0 Å². The molecule has 1 aliphatic carbocycles. The molecule has 2 rings (SSSR count). The van der Waals surface area contributed by atoms with Crippen LogP contribution in [0.1, 0.15) is 12.8 Å². The van der Waals surface area contributed by atoms with Gasteiger partial charge in [-0.2, -0.15) is 0 Å². The van der Waals surface area contributed by atoms with Crippen LogP contribution in [0.15, 0.2) is 29.2 Å². The Morgan fingerprint density at radius 2 is 2.05 bits per heavy atom. The lowest BCUT2D eigenvalue weighted by atomic mass is 10.2. The molecule has 8 heteroatoms. The molecule has 0 aromatic heterocycles. The molecule has 1 saturated carbocycles. The molecule has 116 valence electrons. The van der Waals surface area contributed by atoms with E-state index in [9.17, 15) is 14.9 Å². The second-order valence-corrected chi connectivity index (χ2v) is 5.89. The van der Waals surface area contributed by atoms with Crippen molar-refractivity contribution >= 4 is 35.8 Å². The third kappa shape index (κ3) is 5.91. The molecular formula is C13H18ClN3O3S. The summed E-state index contributed by atoms with van der Waals surface area (Å²) < 4.78 is 0. The number of non-ortho nitro benzene ring substituents is 1. The maximum Gasteiger partial charge on any atom is 0.269 e. The predicted octanol–water partition coefficient (Wildman–Crippen LogP) is 1.96. The summed E-state index contributed by atoms with van der Waals surface area (Å²) in [5.74, 6) is 0.789. The number of nitro groups is 1. The van der Waals surface area contributed by atoms with Gasteiger partial charge in [-0.15, -0.1) is 24.2 Å². The molecule has 0 heterocycles. The van der Waals surface area contributed by atoms with Crippen molar-refractivity contribution < 1.29 is 9.72 Å². The van der Waals surface area contributed by atoms with E-state index in [1.807, 2.05) is 0 Å². The van der Waals surface area contributed by atoms with Crippen LogP contribution in [0.3, 0.4) is 0 Å². The molecule has 21 heavy (non-hydrogen) atoms. The number of nitro benzene ring substituents is 1. The first kappa shape index (κ1) is 17.7. The molecule has 1 unspecified atom stereocenters. The third-order valence-corrected chi connectivity index (χ3v) is 4.19. The maximum absolute atomic E-state index is 11.6. The number of hydrogen-bond donors (Lipinski definition) is 2. The van der Waals surface area contributed by atoms with Crippen LogP contribution >= 0.6 is 24.2 Å². The summed E-state index contributed by atoms with van der Waals surface area (Å²) in [6, 6.07) is 6.22. The number of thioether (sulfide) groups is 1. The zero-order valence-electron chi connectivity index (χ0n) is 11.4. The van der Waals surface area contributed by atoms with Crippen molar-refractivity contribution in [1.82, 2.24) is 5.32 Å². The molecule has 0 aliphatic heterocycles. The van der Waals surface area contributed by atoms with Crippen molar-refractivity contribution in [2.75, 3.05) is 12.3 Å². The van der Waals surface area contributed by atoms with Crippen molar-refractivity contribution in [1.29, 1.82) is 0 Å². The van der Waals surface area contributed by atoms with E-state index in [4.69, 9.17) is 5.73 Å². The number of carbonyl (C=O) groups is 1. The number of nitrogens with zero attached hydrogens (tertiary/aromatic N) is 1. The fourth-order valence-corrected chi connectivity index (χ4v) is 2.52. The van der Waals surface area contributed by atoms with Crippen molar-refractivity contribution in [2.24, 2.45) is 11.7 Å². The van der Waals surface area contributed by atoms with E-state index in [0.29, 0.717) is 12.5 Å². The van der Waals surface area contributed by atoms with Gasteiger partial charge in [-0.05, 0) is 30.9 Å². The first-order valence-electron chi connectivity index (χ1n) is 6.46. The average Bonchev–Trinajstić information content (AvgIpc) is 3.27. The largest absolute Gasteiger partial charge is 0.354 e. The first-order chi connectivity index (χ1) is 9.56. The van der Waals surface area contributed by atoms with E-state index >= 15 is 0 Å². The van der Waals surface area contributed by atoms with E-state index in [1.165, 1.54) is 23.9 Å². The summed E-state index contributed by atoms with van der Waals surface area (Å²) in [5, 5.41) is 13.3. The number of halogens is 1. The molecule has 3 N–H and O–H groups in total. The van der Waals surface area contributed by atoms with Crippen LogP contribution in [0.25, 0.3) is 0 Å². The Balaban J connectivity index is 0.00000220. The van der Waals surface area contributed by atoms with Crippen LogP contribution in [0.2, 0.25) is 0 Å². The summed E-state index contributed by atoms with van der Waals surface area (Å²) in [6.07, 6.45) is 2.32. The molecule has 0 radical (unpaired) electrons. The molecule has 0 saturated heterocycles. The predicted molar refractivity (Wildman–Crippen MR) is 84.8 cm³/mol. The highest BCUT2D eigenvalue weighted by atomic mass is 35.5. The topological polar surface area (TPSA) is 98.3 Å². The number of amides is 1. The Bertz CT molecular complexity index is 494. The first-order valence-corrected chi connectivity index (χ1v) is 7.44. The average molecular weight is 332 g/mol. The minimum atomic E-state index is -0.444. The lowest BCUT2D eigenvalue weighted by Crippen LogP contribution is -2.39. The lowest BCUT2D eigenvalue weighted by molar-refractivity contribution is -0.384. The highest BCUT2D eigenvalue weighted by molar-refractivity contribution is 8.00. The Hall–Kier alpha value is -1.31. The monoisotopic (exact) mass is 331 g/mol. The second kappa shape index (κ2) is 8.21. The smallest absolute Gasteiger partial charge is 0.269 e. The summed E-state index contributed by atoms with van der Waals surface area (Å²) in [7, 11) is 0. The number of hydrogen-bond acceptors (Lipinski definition) is 5. The maximum atomic E-state index is 11.6. The number of benzene rings is 1. The van der Waals surface area contributed by atoms with Gasteiger partial charge in [0, 0.05) is 29.6 Å². The van der Waals surface area contributed by atoms with Gasteiger partial charge in [0.25, 0.3) is 5.69 Å². The normalized spacial score (nSPS) is 14.9. The van der Waals surface area contributed by atoms with Crippen LogP contribution < -0.4 is 11.1 Å². The van der Waals surface area contributed by atoms with Crippen molar-refractivity contribution in [3.05, 3.63) is 34.4 Å². The molecule has 1 amide bonds. The molecule has 1 aromatic carbocycles. The van der Waals surface area contributed by atoms with E-state index in [1.54, 1.807) is 12.1 Å². The Labute approximate surface area is 133 Å². The molecule has 1 aliphatic rings. The van der Waals surface area contributed by atoms with Gasteiger partial charge in [0.05, 0.1) is 10.7 Å². The quantitative estimate of drug-likeness (QED) is 0.452. The molecular weight excluding hydrogens is 314 g/mol. The summed E-state index contributed by atoms with van der Waals surface area (Å²) in [6.45, 7) is 0.518. The number of carbonyl (C=O) groups excluding carboxylic acids is 1. The van der Waals surface area contributed by atoms with Crippen LogP contribution in [0.5, 0.6) is 0 Å². The summed E-state index contributed by atoms with van der Waals surface area (Å²) >= 11 is 1.35. The molecule has 1 atom stereocenters. The molecule has 1 fully saturated rings. The Morgan fingerprint density at radius 1 is 1.43 bits per heavy atom. The van der Waals surface area contributed by atoms with E-state index < -0.39 is 4.92 Å². The molecule has 0 bridgehead atoms. The van der Waals surface area contributed by atoms with Gasteiger partial charge in [-0.1, -0.05) is 0 Å². The second-order valence-electron chi connectivity index (χ2n) is 4.85.